The van der Waals surface area contributed by atoms with E-state index in [1.807, 2.05) is 0 Å². The number of aliphatic hydroxyl groups excluding tert-OH is 4. The number of amides is 1. The minimum Gasteiger partial charge on any atom is -0.486 e. The fourth-order valence-electron chi connectivity index (χ4n) is 8.24. The van der Waals surface area contributed by atoms with E-state index in [1.54, 1.807) is 36.4 Å². The van der Waals surface area contributed by atoms with Gasteiger partial charge in [0.1, 0.15) is 43.0 Å². The van der Waals surface area contributed by atoms with Crippen LogP contribution in [0, 0.1) is 5.41 Å². The number of rotatable bonds is 11. The molecule has 17 heteroatoms. The highest BCUT2D eigenvalue weighted by Gasteiger charge is 2.54. The molecule has 1 unspecified atom stereocenters. The van der Waals surface area contributed by atoms with Crippen LogP contribution in [-0.2, 0) is 20.7 Å². The highest BCUT2D eigenvalue weighted by Crippen LogP contribution is 2.46. The molecule has 0 bridgehead atoms. The lowest BCUT2D eigenvalue weighted by molar-refractivity contribution is -0.723. The van der Waals surface area contributed by atoms with Crippen LogP contribution in [0.15, 0.2) is 64.6 Å². The molecule has 17 nitrogen and oxygen atoms in total. The number of ether oxygens (including phenoxy) is 3. The number of aldehydes is 1. The van der Waals surface area contributed by atoms with E-state index in [-0.39, 0.29) is 89.2 Å². The van der Waals surface area contributed by atoms with E-state index in [1.165, 1.54) is 18.2 Å². The van der Waals surface area contributed by atoms with Crippen molar-refractivity contribution in [3.05, 3.63) is 88.0 Å². The molecule has 3 aliphatic heterocycles. The zero-order chi connectivity index (χ0) is 40.2. The molecule has 1 amide bonds. The molecule has 0 aromatic heterocycles. The predicted octanol–water partition coefficient (Wildman–Crippen LogP) is -0.735. The van der Waals surface area contributed by atoms with Gasteiger partial charge in [-0.2, -0.15) is 4.99 Å². The summed E-state index contributed by atoms with van der Waals surface area (Å²) in [7, 11) is 0. The number of hydrogen-bond acceptors (Lipinski definition) is 14. The second kappa shape index (κ2) is 15.1. The smallest absolute Gasteiger partial charge is 0.284 e. The summed E-state index contributed by atoms with van der Waals surface area (Å²) in [5.74, 6) is -2.35. The molecule has 5 aliphatic rings. The molecular formula is C40H40N5O12+. The molecule has 7 atom stereocenters. The monoisotopic (exact) mass is 782 g/mol. The number of hydrogen-bond donors (Lipinski definition) is 8. The SMILES string of the molecule is N=C1N=C2C(=NC[NH+]2c2ccccc2Cc2cc3c(c(OC[C@H](O)CC=O)c2O[C@H]2O[C@@H](C4(O)CCCC4)[C@H](O)[C@@H](O)[C@@H]2O)C(=O)c2ccccc2C3=O)C(=O)N1. The first-order chi connectivity index (χ1) is 27.4. The summed E-state index contributed by atoms with van der Waals surface area (Å²) in [6.45, 7) is -0.465. The normalized spacial score (nSPS) is 26.8. The summed E-state index contributed by atoms with van der Waals surface area (Å²) < 4.78 is 18.7. The third kappa shape index (κ3) is 6.76. The van der Waals surface area contributed by atoms with E-state index >= 15 is 0 Å². The van der Waals surface area contributed by atoms with Crippen molar-refractivity contribution in [2.75, 3.05) is 13.3 Å². The maximum atomic E-state index is 14.3. The average Bonchev–Trinajstić information content (AvgIpc) is 3.84. The van der Waals surface area contributed by atoms with Gasteiger partial charge in [-0.05, 0) is 25.0 Å². The van der Waals surface area contributed by atoms with Gasteiger partial charge in [0.15, 0.2) is 29.7 Å². The number of carbonyl (C=O) groups excluding carboxylic acids is 4. The molecule has 296 valence electrons. The van der Waals surface area contributed by atoms with Crippen molar-refractivity contribution in [3.63, 3.8) is 0 Å². The van der Waals surface area contributed by atoms with Gasteiger partial charge >= 0.3 is 0 Å². The van der Waals surface area contributed by atoms with E-state index in [2.05, 4.69) is 15.3 Å². The highest BCUT2D eigenvalue weighted by molar-refractivity contribution is 6.68. The summed E-state index contributed by atoms with van der Waals surface area (Å²) in [4.78, 5) is 61.7. The van der Waals surface area contributed by atoms with Crippen molar-refractivity contribution in [2.24, 2.45) is 9.98 Å². The van der Waals surface area contributed by atoms with E-state index in [9.17, 15) is 44.7 Å². The Morgan fingerprint density at radius 1 is 0.947 bits per heavy atom. The Morgan fingerprint density at radius 3 is 2.39 bits per heavy atom. The van der Waals surface area contributed by atoms with Crippen LogP contribution < -0.4 is 19.7 Å². The molecule has 0 radical (unpaired) electrons. The predicted molar refractivity (Wildman–Crippen MR) is 198 cm³/mol. The lowest BCUT2D eigenvalue weighted by Gasteiger charge is -2.45. The van der Waals surface area contributed by atoms with Crippen LogP contribution in [0.2, 0.25) is 0 Å². The summed E-state index contributed by atoms with van der Waals surface area (Å²) in [6, 6.07) is 14.7. The van der Waals surface area contributed by atoms with Gasteiger partial charge in [-0.25, -0.2) is 9.89 Å². The minimum absolute atomic E-state index is 0.0574. The van der Waals surface area contributed by atoms with E-state index in [4.69, 9.17) is 19.6 Å². The zero-order valence-corrected chi connectivity index (χ0v) is 30.4. The molecule has 3 aromatic rings. The second-order valence-electron chi connectivity index (χ2n) is 14.8. The Balaban J connectivity index is 1.29. The van der Waals surface area contributed by atoms with Crippen LogP contribution in [-0.4, -0.2) is 122 Å². The first-order valence-corrected chi connectivity index (χ1v) is 18.6. The largest absolute Gasteiger partial charge is 0.486 e. The maximum absolute atomic E-state index is 14.3. The van der Waals surface area contributed by atoms with Gasteiger partial charge in [0.05, 0.1) is 17.3 Å². The summed E-state index contributed by atoms with van der Waals surface area (Å²) in [5.41, 5.74) is -0.150. The molecule has 2 fully saturated rings. The molecule has 8 rings (SSSR count). The van der Waals surface area contributed by atoms with Crippen molar-refractivity contribution in [1.29, 1.82) is 5.41 Å². The number of guanidine groups is 1. The van der Waals surface area contributed by atoms with Gasteiger partial charge in [0.25, 0.3) is 11.7 Å². The van der Waals surface area contributed by atoms with Gasteiger partial charge in [-0.1, -0.05) is 55.3 Å². The number of benzene rings is 3. The minimum atomic E-state index is -1.89. The van der Waals surface area contributed by atoms with Crippen LogP contribution in [0.4, 0.5) is 5.69 Å². The third-order valence-electron chi connectivity index (χ3n) is 11.1. The lowest BCUT2D eigenvalue weighted by Crippen LogP contribution is -3.09. The quantitative estimate of drug-likeness (QED) is 0.0876. The van der Waals surface area contributed by atoms with Crippen molar-refractivity contribution in [2.45, 2.75) is 80.9 Å². The lowest BCUT2D eigenvalue weighted by atomic mass is 9.81. The van der Waals surface area contributed by atoms with Crippen LogP contribution in [0.1, 0.15) is 75.1 Å². The van der Waals surface area contributed by atoms with Gasteiger partial charge in [0.2, 0.25) is 18.0 Å². The number of aliphatic hydroxyl groups is 5. The summed E-state index contributed by atoms with van der Waals surface area (Å²) in [6.07, 6.45) is -8.05. The van der Waals surface area contributed by atoms with E-state index < -0.39 is 66.5 Å². The number of quaternary nitrogens is 1. The number of amidine groups is 1. The summed E-state index contributed by atoms with van der Waals surface area (Å²) in [5, 5.41) is 65.9. The standard InChI is InChI=1S/C40H39N5O12/c41-39-43-36-27(37(53)44-39)42-18-45(36)25-10-4-1-7-19(25)15-20-16-24-26(29(49)23-9-3-2-8-22(23)28(24)48)34(55-17-21(47)11-14-46)33(20)56-38-32(52)30(50)31(51)35(57-38)40(54)12-5-6-13-40/h1-4,7-10,14,16,21,30-32,35,38,47,50-52,54H,5-6,11-13,15,17-18H2,(H2,41,44,53)/p+1/t21-,30-,31-,32+,35-,38+/m1/s1. The van der Waals surface area contributed by atoms with Crippen molar-refractivity contribution < 1.29 is 63.8 Å². The maximum Gasteiger partial charge on any atom is 0.284 e. The van der Waals surface area contributed by atoms with E-state index in [0.717, 1.165) is 0 Å². The Labute approximate surface area is 324 Å². The number of fused-ring (bicyclic) bond motifs is 3. The molecule has 57 heavy (non-hydrogen) atoms. The molecule has 3 heterocycles. The number of nitrogens with zero attached hydrogens (tertiary/aromatic N) is 2. The number of ketones is 2. The van der Waals surface area contributed by atoms with Crippen molar-refractivity contribution in [3.8, 4) is 11.5 Å². The Bertz CT molecular complexity index is 2250. The van der Waals surface area contributed by atoms with Gasteiger partial charge in [-0.3, -0.25) is 25.1 Å². The number of para-hydroxylation sites is 1. The molecule has 1 saturated heterocycles. The fraction of sp³-hybridized carbons (Fsp3) is 0.375. The number of nitrogens with one attached hydrogen (secondary N) is 3. The second-order valence-corrected chi connectivity index (χ2v) is 14.8. The van der Waals surface area contributed by atoms with Crippen LogP contribution in [0.3, 0.4) is 0 Å². The first-order valence-electron chi connectivity index (χ1n) is 18.6. The molecule has 3 aromatic carbocycles. The molecule has 8 N–H and O–H groups in total. The van der Waals surface area contributed by atoms with E-state index in [0.29, 0.717) is 35.3 Å². The average molecular weight is 783 g/mol. The molecule has 1 saturated carbocycles. The molecule has 2 aliphatic carbocycles. The zero-order valence-electron chi connectivity index (χ0n) is 30.4. The number of aliphatic imine (C=N–C) groups is 2. The topological polar surface area (TPSA) is 262 Å². The van der Waals surface area contributed by atoms with Gasteiger partial charge in [-0.15, -0.1) is 0 Å². The number of carbonyl (C=O) groups is 4. The van der Waals surface area contributed by atoms with Gasteiger partial charge < -0.3 is 44.5 Å². The van der Waals surface area contributed by atoms with Gasteiger partial charge in [0, 0.05) is 40.7 Å². The third-order valence-corrected chi connectivity index (χ3v) is 11.1. The Kier molecular flexibility index (Phi) is 10.2. The first kappa shape index (κ1) is 38.3. The van der Waals surface area contributed by atoms with Crippen molar-refractivity contribution in [1.82, 2.24) is 5.32 Å². The van der Waals surface area contributed by atoms with Crippen LogP contribution in [0.5, 0.6) is 11.5 Å². The summed E-state index contributed by atoms with van der Waals surface area (Å²) >= 11 is 0. The Morgan fingerprint density at radius 2 is 1.65 bits per heavy atom. The van der Waals surface area contributed by atoms with Crippen LogP contribution >= 0.6 is 0 Å². The fourth-order valence-corrected chi connectivity index (χ4v) is 8.24. The molecular weight excluding hydrogens is 742 g/mol. The Hall–Kier alpha value is -5.53. The van der Waals surface area contributed by atoms with Crippen molar-refractivity contribution >= 4 is 47.0 Å². The molecule has 0 spiro atoms. The van der Waals surface area contributed by atoms with Crippen LogP contribution in [0.25, 0.3) is 0 Å². The highest BCUT2D eigenvalue weighted by atomic mass is 16.7.